The molecule has 0 radical (unpaired) electrons. The van der Waals surface area contributed by atoms with Gasteiger partial charge in [0.2, 0.25) is 0 Å². The van der Waals surface area contributed by atoms with Crippen LogP contribution in [0.5, 0.6) is 0 Å². The standard InChI is InChI=1S/C19H16N2/c20-15-9-6-13(7-10-15)14-8-11-19-17(12-14)16-4-2-1-3-5-18(16)21-19/h1-3,5-12,21H,4,20H2. The molecule has 3 aromatic rings. The highest BCUT2D eigenvalue weighted by Gasteiger charge is 2.10. The second kappa shape index (κ2) is 4.67. The van der Waals surface area contributed by atoms with E-state index in [9.17, 15) is 0 Å². The van der Waals surface area contributed by atoms with E-state index in [1.165, 1.54) is 33.3 Å². The Labute approximate surface area is 123 Å². The van der Waals surface area contributed by atoms with E-state index in [1.807, 2.05) is 12.1 Å². The van der Waals surface area contributed by atoms with Crippen LogP contribution in [0.15, 0.2) is 60.7 Å². The van der Waals surface area contributed by atoms with Crippen molar-refractivity contribution in [1.29, 1.82) is 0 Å². The molecule has 0 unspecified atom stereocenters. The van der Waals surface area contributed by atoms with Crippen molar-refractivity contribution in [2.45, 2.75) is 6.42 Å². The Morgan fingerprint density at radius 2 is 1.71 bits per heavy atom. The molecule has 102 valence electrons. The van der Waals surface area contributed by atoms with Crippen molar-refractivity contribution in [1.82, 2.24) is 4.98 Å². The molecule has 0 fully saturated rings. The molecule has 0 aliphatic heterocycles. The molecule has 0 saturated heterocycles. The smallest absolute Gasteiger partial charge is 0.0462 e. The van der Waals surface area contributed by atoms with Crippen LogP contribution in [0.4, 0.5) is 5.69 Å². The van der Waals surface area contributed by atoms with Crippen LogP contribution in [0.2, 0.25) is 0 Å². The Morgan fingerprint density at radius 1 is 0.905 bits per heavy atom. The summed E-state index contributed by atoms with van der Waals surface area (Å²) < 4.78 is 0. The van der Waals surface area contributed by atoms with Crippen LogP contribution in [-0.4, -0.2) is 4.98 Å². The molecule has 2 heteroatoms. The summed E-state index contributed by atoms with van der Waals surface area (Å²) >= 11 is 0. The van der Waals surface area contributed by atoms with Gasteiger partial charge in [-0.15, -0.1) is 0 Å². The van der Waals surface area contributed by atoms with Crippen LogP contribution >= 0.6 is 0 Å². The van der Waals surface area contributed by atoms with Crippen molar-refractivity contribution < 1.29 is 0 Å². The second-order valence-corrected chi connectivity index (χ2v) is 5.39. The maximum absolute atomic E-state index is 5.77. The largest absolute Gasteiger partial charge is 0.399 e. The number of nitrogen functional groups attached to an aromatic ring is 1. The second-order valence-electron chi connectivity index (χ2n) is 5.39. The summed E-state index contributed by atoms with van der Waals surface area (Å²) in [5.41, 5.74) is 12.8. The van der Waals surface area contributed by atoms with Gasteiger partial charge in [0.05, 0.1) is 0 Å². The van der Waals surface area contributed by atoms with Crippen molar-refractivity contribution in [2.24, 2.45) is 0 Å². The normalized spacial score (nSPS) is 13.3. The van der Waals surface area contributed by atoms with Crippen LogP contribution in [0.3, 0.4) is 0 Å². The molecule has 0 saturated carbocycles. The van der Waals surface area contributed by atoms with Gasteiger partial charge in [-0.1, -0.05) is 36.4 Å². The SMILES string of the molecule is Nc1ccc(-c2ccc3[nH]c4c(c3c2)CC=CC=C4)cc1. The van der Waals surface area contributed by atoms with Gasteiger partial charge in [0, 0.05) is 22.3 Å². The van der Waals surface area contributed by atoms with E-state index >= 15 is 0 Å². The van der Waals surface area contributed by atoms with Crippen LogP contribution in [0.1, 0.15) is 11.3 Å². The number of nitrogens with one attached hydrogen (secondary N) is 1. The molecule has 2 aromatic carbocycles. The lowest BCUT2D eigenvalue weighted by Crippen LogP contribution is -1.85. The number of benzene rings is 2. The fourth-order valence-corrected chi connectivity index (χ4v) is 2.90. The number of H-pyrrole nitrogens is 1. The predicted octanol–water partition coefficient (Wildman–Crippen LogP) is 4.54. The maximum atomic E-state index is 5.77. The van der Waals surface area contributed by atoms with E-state index in [0.717, 1.165) is 12.1 Å². The Morgan fingerprint density at radius 3 is 2.57 bits per heavy atom. The molecule has 1 aromatic heterocycles. The molecule has 0 amide bonds. The zero-order valence-corrected chi connectivity index (χ0v) is 11.6. The van der Waals surface area contributed by atoms with Crippen LogP contribution in [-0.2, 0) is 6.42 Å². The fraction of sp³-hybridized carbons (Fsp3) is 0.0526. The molecular weight excluding hydrogens is 256 g/mol. The summed E-state index contributed by atoms with van der Waals surface area (Å²) in [6.07, 6.45) is 9.49. The number of hydrogen-bond donors (Lipinski definition) is 2. The van der Waals surface area contributed by atoms with Crippen LogP contribution < -0.4 is 5.73 Å². The van der Waals surface area contributed by atoms with E-state index in [4.69, 9.17) is 5.73 Å². The highest BCUT2D eigenvalue weighted by molar-refractivity contribution is 5.91. The minimum Gasteiger partial charge on any atom is -0.399 e. The zero-order valence-electron chi connectivity index (χ0n) is 11.6. The lowest BCUT2D eigenvalue weighted by Gasteiger charge is -2.04. The molecule has 21 heavy (non-hydrogen) atoms. The van der Waals surface area contributed by atoms with E-state index in [0.29, 0.717) is 0 Å². The van der Waals surface area contributed by atoms with Gasteiger partial charge in [0.25, 0.3) is 0 Å². The monoisotopic (exact) mass is 272 g/mol. The van der Waals surface area contributed by atoms with Crippen molar-refractivity contribution in [3.8, 4) is 11.1 Å². The zero-order chi connectivity index (χ0) is 14.2. The number of rotatable bonds is 1. The summed E-state index contributed by atoms with van der Waals surface area (Å²) in [6.45, 7) is 0. The lowest BCUT2D eigenvalue weighted by atomic mass is 10.0. The highest BCUT2D eigenvalue weighted by atomic mass is 14.7. The first kappa shape index (κ1) is 12.0. The van der Waals surface area contributed by atoms with E-state index in [-0.39, 0.29) is 0 Å². The van der Waals surface area contributed by atoms with E-state index in [2.05, 4.69) is 59.6 Å². The summed E-state index contributed by atoms with van der Waals surface area (Å²) in [4.78, 5) is 3.50. The Hall–Kier alpha value is -2.74. The Kier molecular flexibility index (Phi) is 2.68. The van der Waals surface area contributed by atoms with Gasteiger partial charge in [0.15, 0.2) is 0 Å². The maximum Gasteiger partial charge on any atom is 0.0462 e. The van der Waals surface area contributed by atoms with Crippen molar-refractivity contribution >= 4 is 22.7 Å². The van der Waals surface area contributed by atoms with E-state index < -0.39 is 0 Å². The summed E-state index contributed by atoms with van der Waals surface area (Å²) in [6, 6.07) is 14.6. The summed E-state index contributed by atoms with van der Waals surface area (Å²) in [5, 5.41) is 1.30. The summed E-state index contributed by atoms with van der Waals surface area (Å²) in [5.74, 6) is 0. The van der Waals surface area contributed by atoms with Crippen molar-refractivity contribution in [3.05, 3.63) is 72.0 Å². The van der Waals surface area contributed by atoms with E-state index in [1.54, 1.807) is 0 Å². The average molecular weight is 272 g/mol. The molecule has 4 rings (SSSR count). The minimum absolute atomic E-state index is 0.797. The number of nitrogens with two attached hydrogens (primary N) is 1. The molecule has 3 N–H and O–H groups in total. The average Bonchev–Trinajstić information content (AvgIpc) is 2.68. The first-order valence-electron chi connectivity index (χ1n) is 7.15. The fourth-order valence-electron chi connectivity index (χ4n) is 2.90. The molecule has 1 heterocycles. The Bertz CT molecular complexity index is 864. The number of aromatic nitrogens is 1. The molecule has 1 aliphatic carbocycles. The molecule has 0 spiro atoms. The molecular formula is C19H16N2. The third-order valence-electron chi connectivity index (χ3n) is 4.02. The van der Waals surface area contributed by atoms with Crippen LogP contribution in [0.25, 0.3) is 28.1 Å². The van der Waals surface area contributed by atoms with Gasteiger partial charge < -0.3 is 10.7 Å². The number of aromatic amines is 1. The molecule has 1 aliphatic rings. The van der Waals surface area contributed by atoms with Crippen molar-refractivity contribution in [2.75, 3.05) is 5.73 Å². The number of fused-ring (bicyclic) bond motifs is 3. The third kappa shape index (κ3) is 2.05. The summed E-state index contributed by atoms with van der Waals surface area (Å²) in [7, 11) is 0. The van der Waals surface area contributed by atoms with Gasteiger partial charge in [-0.3, -0.25) is 0 Å². The molecule has 2 nitrogen and oxygen atoms in total. The topological polar surface area (TPSA) is 41.8 Å². The van der Waals surface area contributed by atoms with Gasteiger partial charge in [-0.2, -0.15) is 0 Å². The van der Waals surface area contributed by atoms with Gasteiger partial charge in [-0.05, 0) is 53.5 Å². The Balaban J connectivity index is 1.89. The lowest BCUT2D eigenvalue weighted by molar-refractivity contribution is 1.27. The number of anilines is 1. The third-order valence-corrected chi connectivity index (χ3v) is 4.02. The first-order chi connectivity index (χ1) is 10.3. The van der Waals surface area contributed by atoms with Crippen molar-refractivity contribution in [3.63, 3.8) is 0 Å². The van der Waals surface area contributed by atoms with Gasteiger partial charge in [-0.25, -0.2) is 0 Å². The highest BCUT2D eigenvalue weighted by Crippen LogP contribution is 2.30. The molecule has 0 bridgehead atoms. The quantitative estimate of drug-likeness (QED) is 0.627. The van der Waals surface area contributed by atoms with Crippen LogP contribution in [0, 0.1) is 0 Å². The first-order valence-corrected chi connectivity index (χ1v) is 7.15. The number of hydrogen-bond acceptors (Lipinski definition) is 1. The van der Waals surface area contributed by atoms with Gasteiger partial charge in [0.1, 0.15) is 0 Å². The number of allylic oxidation sites excluding steroid dienone is 3. The predicted molar refractivity (Wildman–Crippen MR) is 90.0 cm³/mol. The molecule has 0 atom stereocenters. The van der Waals surface area contributed by atoms with Gasteiger partial charge >= 0.3 is 0 Å². The minimum atomic E-state index is 0.797.